The Morgan fingerprint density at radius 2 is 1.87 bits per heavy atom. The number of ether oxygens (including phenoxy) is 2. The maximum atomic E-state index is 13.3. The van der Waals surface area contributed by atoms with Gasteiger partial charge in [0.2, 0.25) is 5.91 Å². The summed E-state index contributed by atoms with van der Waals surface area (Å²) in [6, 6.07) is 8.01. The van der Waals surface area contributed by atoms with Gasteiger partial charge in [0.1, 0.15) is 18.7 Å². The molecule has 1 aliphatic heterocycles. The third-order valence-electron chi connectivity index (χ3n) is 6.44. The van der Waals surface area contributed by atoms with E-state index in [1.165, 1.54) is 7.11 Å². The van der Waals surface area contributed by atoms with Gasteiger partial charge in [-0.1, -0.05) is 58.0 Å². The van der Waals surface area contributed by atoms with Gasteiger partial charge in [-0.3, -0.25) is 4.79 Å². The van der Waals surface area contributed by atoms with Crippen molar-refractivity contribution in [1.82, 2.24) is 10.2 Å². The number of fused-ring (bicyclic) bond motifs is 1. The molecule has 0 aromatic heterocycles. The molecule has 3 rings (SSSR count). The molecular formula is C23H32N2O5. The van der Waals surface area contributed by atoms with Crippen LogP contribution in [-0.2, 0) is 25.7 Å². The Hall–Kier alpha value is -2.57. The number of nitrogens with one attached hydrogen (secondary N) is 1. The number of esters is 1. The van der Waals surface area contributed by atoms with Gasteiger partial charge in [-0.25, -0.2) is 9.59 Å². The highest BCUT2D eigenvalue weighted by Crippen LogP contribution is 2.65. The number of carbonyl (C=O) groups is 3. The molecule has 1 saturated carbocycles. The third-order valence-corrected chi connectivity index (χ3v) is 6.44. The third kappa shape index (κ3) is 4.45. The molecule has 1 heterocycles. The number of alkyl carbamates (subject to hydrolysis) is 1. The smallest absolute Gasteiger partial charge is 0.408 e. The van der Waals surface area contributed by atoms with Crippen LogP contribution in [0.3, 0.4) is 0 Å². The zero-order chi connectivity index (χ0) is 22.1. The van der Waals surface area contributed by atoms with E-state index in [-0.39, 0.29) is 35.7 Å². The van der Waals surface area contributed by atoms with Gasteiger partial charge in [-0.2, -0.15) is 0 Å². The van der Waals surface area contributed by atoms with Gasteiger partial charge < -0.3 is 19.7 Å². The molecule has 1 saturated heterocycles. The van der Waals surface area contributed by atoms with Gasteiger partial charge in [-0.05, 0) is 29.2 Å². The first kappa shape index (κ1) is 22.1. The fourth-order valence-corrected chi connectivity index (χ4v) is 4.70. The van der Waals surface area contributed by atoms with E-state index in [0.717, 1.165) is 5.56 Å². The van der Waals surface area contributed by atoms with Crippen LogP contribution >= 0.6 is 0 Å². The normalized spacial score (nSPS) is 24.7. The molecule has 7 heteroatoms. The van der Waals surface area contributed by atoms with Crippen LogP contribution in [0.4, 0.5) is 4.79 Å². The number of carbonyl (C=O) groups excluding carboxylic acids is 3. The summed E-state index contributed by atoms with van der Waals surface area (Å²) in [5.74, 6) is -0.0948. The highest BCUT2D eigenvalue weighted by atomic mass is 16.5. The summed E-state index contributed by atoms with van der Waals surface area (Å²) in [4.78, 5) is 39.8. The fourth-order valence-electron chi connectivity index (χ4n) is 4.70. The average Bonchev–Trinajstić information content (AvgIpc) is 3.05. The minimum atomic E-state index is -0.749. The lowest BCUT2D eigenvalue weighted by Gasteiger charge is -2.32. The lowest BCUT2D eigenvalue weighted by atomic mass is 9.98. The van der Waals surface area contributed by atoms with Crippen molar-refractivity contribution in [2.45, 2.75) is 52.8 Å². The summed E-state index contributed by atoms with van der Waals surface area (Å²) in [7, 11) is 1.35. The predicted octanol–water partition coefficient (Wildman–Crippen LogP) is 2.98. The van der Waals surface area contributed by atoms with Gasteiger partial charge in [0.15, 0.2) is 0 Å². The Bertz CT molecular complexity index is 792. The van der Waals surface area contributed by atoms with Crippen molar-refractivity contribution in [1.29, 1.82) is 0 Å². The van der Waals surface area contributed by atoms with Crippen LogP contribution in [0.25, 0.3) is 0 Å². The van der Waals surface area contributed by atoms with Crippen LogP contribution in [-0.4, -0.2) is 48.6 Å². The summed E-state index contributed by atoms with van der Waals surface area (Å²) < 4.78 is 10.3. The Morgan fingerprint density at radius 3 is 2.47 bits per heavy atom. The Balaban J connectivity index is 1.67. The van der Waals surface area contributed by atoms with Crippen LogP contribution < -0.4 is 5.32 Å². The maximum absolute atomic E-state index is 13.3. The zero-order valence-electron chi connectivity index (χ0n) is 18.4. The van der Waals surface area contributed by atoms with E-state index in [2.05, 4.69) is 19.2 Å². The largest absolute Gasteiger partial charge is 0.467 e. The first-order valence-electron chi connectivity index (χ1n) is 10.5. The summed E-state index contributed by atoms with van der Waals surface area (Å²) >= 11 is 0. The SMILES string of the molecule is COC(=O)[C@@H]1[C@@H]2[C@H](CN1C(=O)[C@H](CC(C)C)NC(=O)OCc1ccccc1)C2(C)C. The van der Waals surface area contributed by atoms with Gasteiger partial charge in [-0.15, -0.1) is 0 Å². The number of methoxy groups -OCH3 is 1. The summed E-state index contributed by atoms with van der Waals surface area (Å²) in [6.45, 7) is 8.84. The van der Waals surface area contributed by atoms with Gasteiger partial charge >= 0.3 is 12.1 Å². The van der Waals surface area contributed by atoms with Crippen molar-refractivity contribution >= 4 is 18.0 Å². The van der Waals surface area contributed by atoms with Crippen LogP contribution in [0.15, 0.2) is 30.3 Å². The summed E-state index contributed by atoms with van der Waals surface area (Å²) in [6.07, 6.45) is -0.181. The molecule has 1 aliphatic carbocycles. The standard InChI is InChI=1S/C23H32N2O5/c1-14(2)11-17(24-22(28)30-13-15-9-7-6-8-10-15)20(26)25-12-16-18(23(16,3)4)19(25)21(27)29-5/h6-10,14,16-19H,11-13H2,1-5H3,(H,24,28)/t16-,17-,18-,19-/m0/s1. The van der Waals surface area contributed by atoms with E-state index in [1.807, 2.05) is 44.2 Å². The molecule has 0 bridgehead atoms. The molecule has 2 fully saturated rings. The number of benzene rings is 1. The second kappa shape index (κ2) is 8.66. The Morgan fingerprint density at radius 1 is 1.20 bits per heavy atom. The van der Waals surface area contributed by atoms with E-state index in [9.17, 15) is 14.4 Å². The van der Waals surface area contributed by atoms with Crippen molar-refractivity contribution in [3.8, 4) is 0 Å². The van der Waals surface area contributed by atoms with Crippen LogP contribution in [0.1, 0.15) is 39.7 Å². The molecule has 2 aliphatic rings. The highest BCUT2D eigenvalue weighted by Gasteiger charge is 2.70. The molecule has 1 aromatic rings. The minimum absolute atomic E-state index is 0.0191. The van der Waals surface area contributed by atoms with Crippen molar-refractivity contribution in [3.05, 3.63) is 35.9 Å². The molecule has 1 aromatic carbocycles. The van der Waals surface area contributed by atoms with Crippen molar-refractivity contribution in [2.24, 2.45) is 23.2 Å². The van der Waals surface area contributed by atoms with E-state index < -0.39 is 24.1 Å². The maximum Gasteiger partial charge on any atom is 0.408 e. The summed E-state index contributed by atoms with van der Waals surface area (Å²) in [5.41, 5.74) is 0.887. The first-order chi connectivity index (χ1) is 14.2. The lowest BCUT2D eigenvalue weighted by molar-refractivity contribution is -0.153. The van der Waals surface area contributed by atoms with E-state index in [4.69, 9.17) is 9.47 Å². The second-order valence-corrected chi connectivity index (χ2v) is 9.30. The molecule has 4 atom stereocenters. The molecule has 1 N–H and O–H groups in total. The highest BCUT2D eigenvalue weighted by molar-refractivity contribution is 5.91. The Kier molecular flexibility index (Phi) is 6.38. The monoisotopic (exact) mass is 416 g/mol. The molecule has 0 unspecified atom stereocenters. The molecule has 30 heavy (non-hydrogen) atoms. The number of rotatable bonds is 7. The van der Waals surface area contributed by atoms with Gasteiger partial charge in [0, 0.05) is 12.5 Å². The molecular weight excluding hydrogens is 384 g/mol. The van der Waals surface area contributed by atoms with Gasteiger partial charge in [0.05, 0.1) is 7.11 Å². The predicted molar refractivity (Wildman–Crippen MR) is 111 cm³/mol. The number of hydrogen-bond acceptors (Lipinski definition) is 5. The van der Waals surface area contributed by atoms with Crippen molar-refractivity contribution in [2.75, 3.05) is 13.7 Å². The lowest BCUT2D eigenvalue weighted by Crippen LogP contribution is -2.54. The molecule has 0 spiro atoms. The Labute approximate surface area is 178 Å². The molecule has 164 valence electrons. The van der Waals surface area contributed by atoms with Crippen molar-refractivity contribution in [3.63, 3.8) is 0 Å². The zero-order valence-corrected chi connectivity index (χ0v) is 18.4. The topological polar surface area (TPSA) is 84.9 Å². The molecule has 7 nitrogen and oxygen atoms in total. The number of nitrogens with zero attached hydrogens (tertiary/aromatic N) is 1. The van der Waals surface area contributed by atoms with E-state index in [1.54, 1.807) is 4.90 Å². The average molecular weight is 417 g/mol. The van der Waals surface area contributed by atoms with Crippen LogP contribution in [0.2, 0.25) is 0 Å². The number of hydrogen-bond donors (Lipinski definition) is 1. The van der Waals surface area contributed by atoms with Crippen LogP contribution in [0, 0.1) is 23.2 Å². The number of amides is 2. The fraction of sp³-hybridized carbons (Fsp3) is 0.609. The summed E-state index contributed by atoms with van der Waals surface area (Å²) in [5, 5.41) is 2.72. The van der Waals surface area contributed by atoms with E-state index in [0.29, 0.717) is 13.0 Å². The second-order valence-electron chi connectivity index (χ2n) is 9.30. The van der Waals surface area contributed by atoms with E-state index >= 15 is 0 Å². The van der Waals surface area contributed by atoms with Crippen molar-refractivity contribution < 1.29 is 23.9 Å². The quantitative estimate of drug-likeness (QED) is 0.691. The van der Waals surface area contributed by atoms with Gasteiger partial charge in [0.25, 0.3) is 0 Å². The van der Waals surface area contributed by atoms with Crippen LogP contribution in [0.5, 0.6) is 0 Å². The first-order valence-corrected chi connectivity index (χ1v) is 10.5. The molecule has 0 radical (unpaired) electrons. The number of likely N-dealkylation sites (tertiary alicyclic amines) is 1. The molecule has 2 amide bonds. The number of piperidine rings is 1. The minimum Gasteiger partial charge on any atom is -0.467 e.